The molecule has 1 aromatic heterocycles. The predicted octanol–water partition coefficient (Wildman–Crippen LogP) is 1.69. The average molecular weight is 260 g/mol. The molecule has 2 rings (SSSR count). The highest BCUT2D eigenvalue weighted by Gasteiger charge is 2.18. The van der Waals surface area contributed by atoms with Gasteiger partial charge in [-0.15, -0.1) is 0 Å². The van der Waals surface area contributed by atoms with Crippen LogP contribution in [0.2, 0.25) is 0 Å². The van der Waals surface area contributed by atoms with Crippen molar-refractivity contribution in [2.24, 2.45) is 5.73 Å². The van der Waals surface area contributed by atoms with Crippen LogP contribution < -0.4 is 5.73 Å². The third-order valence-electron chi connectivity index (χ3n) is 2.88. The van der Waals surface area contributed by atoms with E-state index >= 15 is 0 Å². The molecule has 0 saturated carbocycles. The molecule has 0 spiro atoms. The van der Waals surface area contributed by atoms with E-state index < -0.39 is 5.91 Å². The Morgan fingerprint density at radius 3 is 2.89 bits per heavy atom. The van der Waals surface area contributed by atoms with Gasteiger partial charge in [-0.3, -0.25) is 14.5 Å². The summed E-state index contributed by atoms with van der Waals surface area (Å²) >= 11 is 0. The van der Waals surface area contributed by atoms with Gasteiger partial charge in [0.25, 0.3) is 5.91 Å². The van der Waals surface area contributed by atoms with Crippen LogP contribution in [0.3, 0.4) is 0 Å². The van der Waals surface area contributed by atoms with Crippen molar-refractivity contribution in [2.45, 2.75) is 13.3 Å². The van der Waals surface area contributed by atoms with Crippen LogP contribution in [0, 0.1) is 6.92 Å². The minimum absolute atomic E-state index is 0.171. The molecule has 19 heavy (non-hydrogen) atoms. The predicted molar refractivity (Wildman–Crippen MR) is 71.7 cm³/mol. The summed E-state index contributed by atoms with van der Waals surface area (Å²) in [5, 5.41) is 0.846. The van der Waals surface area contributed by atoms with Gasteiger partial charge >= 0.3 is 0 Å². The largest absolute Gasteiger partial charge is 0.451 e. The van der Waals surface area contributed by atoms with E-state index in [0.717, 1.165) is 15.8 Å². The number of amides is 2. The van der Waals surface area contributed by atoms with Gasteiger partial charge in [0.2, 0.25) is 6.41 Å². The van der Waals surface area contributed by atoms with Gasteiger partial charge in [-0.1, -0.05) is 12.1 Å². The molecule has 5 nitrogen and oxygen atoms in total. The number of nitrogens with zero attached hydrogens (tertiary/aromatic N) is 1. The van der Waals surface area contributed by atoms with Crippen LogP contribution in [-0.4, -0.2) is 30.3 Å². The summed E-state index contributed by atoms with van der Waals surface area (Å²) in [6.07, 6.45) is 1.08. The number of nitrogens with two attached hydrogens (primary N) is 1. The summed E-state index contributed by atoms with van der Waals surface area (Å²) < 4.78 is 5.49. The fourth-order valence-electron chi connectivity index (χ4n) is 1.85. The van der Waals surface area contributed by atoms with E-state index in [1.807, 2.05) is 25.1 Å². The quantitative estimate of drug-likeness (QED) is 0.830. The summed E-state index contributed by atoms with van der Waals surface area (Å²) in [6, 6.07) is 7.33. The van der Waals surface area contributed by atoms with Gasteiger partial charge < -0.3 is 10.2 Å². The molecule has 0 fully saturated rings. The van der Waals surface area contributed by atoms with Crippen molar-refractivity contribution in [3.63, 3.8) is 0 Å². The lowest BCUT2D eigenvalue weighted by Crippen LogP contribution is -2.31. The van der Waals surface area contributed by atoms with Crippen molar-refractivity contribution in [3.8, 4) is 0 Å². The summed E-state index contributed by atoms with van der Waals surface area (Å²) in [6.45, 7) is 2.67. The van der Waals surface area contributed by atoms with Crippen molar-refractivity contribution in [1.82, 2.24) is 4.90 Å². The highest BCUT2D eigenvalue weighted by atomic mass is 16.3. The number of carbonyl (C=O) groups excluding carboxylic acids is 2. The Balaban J connectivity index is 2.27. The van der Waals surface area contributed by atoms with E-state index in [1.54, 1.807) is 6.07 Å². The van der Waals surface area contributed by atoms with E-state index in [2.05, 4.69) is 0 Å². The summed E-state index contributed by atoms with van der Waals surface area (Å²) in [5.41, 5.74) is 7.07. The maximum Gasteiger partial charge on any atom is 0.295 e. The third kappa shape index (κ3) is 2.82. The minimum atomic E-state index is -0.433. The molecule has 100 valence electrons. The zero-order chi connectivity index (χ0) is 13.8. The highest BCUT2D eigenvalue weighted by Crippen LogP contribution is 2.21. The van der Waals surface area contributed by atoms with Crippen LogP contribution in [0.4, 0.5) is 0 Å². The lowest BCUT2D eigenvalue weighted by Gasteiger charge is -2.12. The van der Waals surface area contributed by atoms with Gasteiger partial charge in [0.15, 0.2) is 5.76 Å². The molecule has 0 radical (unpaired) electrons. The lowest BCUT2D eigenvalue weighted by molar-refractivity contribution is -0.116. The van der Waals surface area contributed by atoms with E-state index in [4.69, 9.17) is 10.2 Å². The molecular weight excluding hydrogens is 244 g/mol. The molecule has 1 heterocycles. The van der Waals surface area contributed by atoms with Gasteiger partial charge in [0.05, 0.1) is 0 Å². The first-order chi connectivity index (χ1) is 9.15. The molecule has 0 bridgehead atoms. The fourth-order valence-corrected chi connectivity index (χ4v) is 1.85. The third-order valence-corrected chi connectivity index (χ3v) is 2.88. The number of imide groups is 1. The Morgan fingerprint density at radius 2 is 2.21 bits per heavy atom. The first-order valence-corrected chi connectivity index (χ1v) is 6.12. The SMILES string of the molecule is Cc1ccc2cc(C(=O)N(C=O)CCCN)oc2c1. The second-order valence-electron chi connectivity index (χ2n) is 4.40. The van der Waals surface area contributed by atoms with Gasteiger partial charge in [-0.2, -0.15) is 0 Å². The molecule has 0 saturated heterocycles. The number of fused-ring (bicyclic) bond motifs is 1. The monoisotopic (exact) mass is 260 g/mol. The van der Waals surface area contributed by atoms with Crippen LogP contribution in [-0.2, 0) is 4.79 Å². The molecule has 0 aliphatic rings. The van der Waals surface area contributed by atoms with Gasteiger partial charge in [-0.05, 0) is 37.6 Å². The number of benzene rings is 1. The van der Waals surface area contributed by atoms with Crippen molar-refractivity contribution in [3.05, 3.63) is 35.6 Å². The Kier molecular flexibility index (Phi) is 3.97. The molecule has 0 aliphatic carbocycles. The molecule has 1 aromatic carbocycles. The zero-order valence-corrected chi connectivity index (χ0v) is 10.8. The van der Waals surface area contributed by atoms with Gasteiger partial charge in [-0.25, -0.2) is 0 Å². The normalized spacial score (nSPS) is 10.6. The number of carbonyl (C=O) groups is 2. The molecule has 0 unspecified atom stereocenters. The Bertz CT molecular complexity index is 604. The zero-order valence-electron chi connectivity index (χ0n) is 10.8. The highest BCUT2D eigenvalue weighted by molar-refractivity contribution is 6.00. The molecule has 0 aliphatic heterocycles. The first-order valence-electron chi connectivity index (χ1n) is 6.12. The van der Waals surface area contributed by atoms with Crippen LogP contribution in [0.25, 0.3) is 11.0 Å². The van der Waals surface area contributed by atoms with Crippen molar-refractivity contribution >= 4 is 23.3 Å². The number of hydrogen-bond donors (Lipinski definition) is 1. The number of hydrogen-bond acceptors (Lipinski definition) is 4. The molecule has 0 atom stereocenters. The Morgan fingerprint density at radius 1 is 1.42 bits per heavy atom. The number of rotatable bonds is 5. The molecule has 2 N–H and O–H groups in total. The minimum Gasteiger partial charge on any atom is -0.451 e. The van der Waals surface area contributed by atoms with Crippen LogP contribution in [0.15, 0.2) is 28.7 Å². The summed E-state index contributed by atoms with van der Waals surface area (Å²) in [7, 11) is 0. The molecular formula is C14H16N2O3. The number of aryl methyl sites for hydroxylation is 1. The van der Waals surface area contributed by atoms with Gasteiger partial charge in [0.1, 0.15) is 5.58 Å². The topological polar surface area (TPSA) is 76.5 Å². The summed E-state index contributed by atoms with van der Waals surface area (Å²) in [5.74, 6) is -0.262. The molecule has 2 amide bonds. The van der Waals surface area contributed by atoms with Crippen LogP contribution in [0.5, 0.6) is 0 Å². The summed E-state index contributed by atoms with van der Waals surface area (Å²) in [4.78, 5) is 24.1. The smallest absolute Gasteiger partial charge is 0.295 e. The van der Waals surface area contributed by atoms with E-state index in [9.17, 15) is 9.59 Å². The maximum atomic E-state index is 12.1. The second-order valence-corrected chi connectivity index (χ2v) is 4.40. The van der Waals surface area contributed by atoms with E-state index in [0.29, 0.717) is 31.5 Å². The average Bonchev–Trinajstić information content (AvgIpc) is 2.82. The molecule has 5 heteroatoms. The second kappa shape index (κ2) is 5.67. The van der Waals surface area contributed by atoms with Gasteiger partial charge in [0, 0.05) is 11.9 Å². The van der Waals surface area contributed by atoms with Crippen LogP contribution >= 0.6 is 0 Å². The van der Waals surface area contributed by atoms with Crippen LogP contribution in [0.1, 0.15) is 22.5 Å². The van der Waals surface area contributed by atoms with Crippen molar-refractivity contribution in [1.29, 1.82) is 0 Å². The Labute approximate surface area is 111 Å². The fraction of sp³-hybridized carbons (Fsp3) is 0.286. The molecule has 2 aromatic rings. The van der Waals surface area contributed by atoms with Crippen molar-refractivity contribution < 1.29 is 14.0 Å². The Hall–Kier alpha value is -2.14. The standard InChI is InChI=1S/C14H16N2O3/c1-10-3-4-11-8-13(19-12(11)7-10)14(18)16(9-17)6-2-5-15/h3-4,7-9H,2,5-6,15H2,1H3. The van der Waals surface area contributed by atoms with E-state index in [1.165, 1.54) is 0 Å². The lowest BCUT2D eigenvalue weighted by atomic mass is 10.2. The first kappa shape index (κ1) is 13.3. The number of furan rings is 1. The van der Waals surface area contributed by atoms with E-state index in [-0.39, 0.29) is 5.76 Å². The van der Waals surface area contributed by atoms with Crippen molar-refractivity contribution in [2.75, 3.05) is 13.1 Å². The maximum absolute atomic E-state index is 12.1.